The van der Waals surface area contributed by atoms with Gasteiger partial charge in [0.1, 0.15) is 0 Å². The highest BCUT2D eigenvalue weighted by atomic mass is 16.2. The molecule has 0 atom stereocenters. The lowest BCUT2D eigenvalue weighted by Gasteiger charge is -2.18. The number of amides is 6. The molecule has 0 aliphatic carbocycles. The van der Waals surface area contributed by atoms with Gasteiger partial charge in [-0.15, -0.1) is 0 Å². The zero-order valence-corrected chi connectivity index (χ0v) is 13.7. The van der Waals surface area contributed by atoms with Gasteiger partial charge in [-0.2, -0.15) is 0 Å². The fraction of sp³-hybridized carbons (Fsp3) is 0.353. The molecule has 6 amide bonds. The van der Waals surface area contributed by atoms with Crippen LogP contribution in [0, 0.1) is 0 Å². The molecular weight excluding hydrogens is 326 g/mol. The summed E-state index contributed by atoms with van der Waals surface area (Å²) in [5, 5.41) is 0. The Hall–Kier alpha value is -3.03. The molecule has 0 radical (unpaired) electrons. The smallest absolute Gasteiger partial charge is 0.273 e. The molecule has 2 aliphatic rings. The fourth-order valence-electron chi connectivity index (χ4n) is 2.90. The Morgan fingerprint density at radius 1 is 0.680 bits per heavy atom. The van der Waals surface area contributed by atoms with Gasteiger partial charge in [-0.05, 0) is 18.6 Å². The molecule has 1 aromatic rings. The number of hydrogen-bond donors (Lipinski definition) is 0. The number of carbonyl (C=O) groups excluding carboxylic acids is 5. The summed E-state index contributed by atoms with van der Waals surface area (Å²) in [6.07, 6.45) is 1.39. The van der Waals surface area contributed by atoms with Crippen LogP contribution in [-0.4, -0.2) is 64.0 Å². The number of urea groups is 1. The maximum atomic E-state index is 12.3. The van der Waals surface area contributed by atoms with Crippen LogP contribution in [0.2, 0.25) is 0 Å². The lowest BCUT2D eigenvalue weighted by molar-refractivity contribution is -0.143. The van der Waals surface area contributed by atoms with Crippen LogP contribution in [-0.2, 0) is 9.59 Å². The summed E-state index contributed by atoms with van der Waals surface area (Å²) in [5.41, 5.74) is 0.597. The van der Waals surface area contributed by atoms with Crippen LogP contribution in [0.1, 0.15) is 40.5 Å². The number of benzene rings is 1. The van der Waals surface area contributed by atoms with Crippen LogP contribution in [0.4, 0.5) is 4.79 Å². The molecule has 25 heavy (non-hydrogen) atoms. The number of nitrogens with zero attached hydrogens (tertiary/aromatic N) is 3. The maximum absolute atomic E-state index is 12.3. The Morgan fingerprint density at radius 2 is 1.16 bits per heavy atom. The molecule has 0 unspecified atom stereocenters. The molecule has 0 saturated carbocycles. The van der Waals surface area contributed by atoms with Crippen LogP contribution < -0.4 is 0 Å². The van der Waals surface area contributed by atoms with E-state index in [0.29, 0.717) is 17.5 Å². The molecule has 3 rings (SSSR count). The van der Waals surface area contributed by atoms with Crippen molar-refractivity contribution in [2.24, 2.45) is 0 Å². The van der Waals surface area contributed by atoms with Gasteiger partial charge in [0, 0.05) is 19.6 Å². The highest BCUT2D eigenvalue weighted by Crippen LogP contribution is 2.22. The van der Waals surface area contributed by atoms with Crippen molar-refractivity contribution >= 4 is 29.7 Å². The van der Waals surface area contributed by atoms with Crippen LogP contribution >= 0.6 is 0 Å². The maximum Gasteiger partial charge on any atom is 0.334 e. The zero-order chi connectivity index (χ0) is 18.1. The van der Waals surface area contributed by atoms with E-state index in [1.807, 2.05) is 6.92 Å². The minimum atomic E-state index is -0.919. The number of rotatable bonds is 6. The van der Waals surface area contributed by atoms with Crippen molar-refractivity contribution in [1.82, 2.24) is 14.7 Å². The van der Waals surface area contributed by atoms with E-state index >= 15 is 0 Å². The number of imide groups is 3. The van der Waals surface area contributed by atoms with Crippen LogP contribution in [0.15, 0.2) is 24.3 Å². The molecule has 0 spiro atoms. The predicted octanol–water partition coefficient (Wildman–Crippen LogP) is 0.873. The van der Waals surface area contributed by atoms with E-state index in [1.165, 1.54) is 0 Å². The van der Waals surface area contributed by atoms with E-state index in [2.05, 4.69) is 0 Å². The summed E-state index contributed by atoms with van der Waals surface area (Å²) < 4.78 is 0. The van der Waals surface area contributed by atoms with Gasteiger partial charge in [0.2, 0.25) is 0 Å². The van der Waals surface area contributed by atoms with Gasteiger partial charge in [0.15, 0.2) is 0 Å². The van der Waals surface area contributed by atoms with Crippen LogP contribution in [0.25, 0.3) is 0 Å². The molecule has 130 valence electrons. The van der Waals surface area contributed by atoms with Crippen molar-refractivity contribution in [3.8, 4) is 0 Å². The monoisotopic (exact) mass is 343 g/mol. The highest BCUT2D eigenvalue weighted by molar-refractivity contribution is 6.44. The first kappa shape index (κ1) is 16.8. The Morgan fingerprint density at radius 3 is 1.68 bits per heavy atom. The SMILES string of the molecule is CCCCN1C(=O)C(=O)N(CCN2C(=O)c3ccccc3C2=O)C1=O. The standard InChI is InChI=1S/C17H17N3O5/c1-2-3-8-19-15(23)16(24)20(17(19)25)10-9-18-13(21)11-6-4-5-7-12(11)14(18)22/h4-7H,2-3,8-10H2,1H3. The second-order valence-corrected chi connectivity index (χ2v) is 5.86. The molecule has 2 heterocycles. The fourth-order valence-corrected chi connectivity index (χ4v) is 2.90. The third kappa shape index (κ3) is 2.69. The molecule has 1 fully saturated rings. The minimum absolute atomic E-state index is 0.140. The van der Waals surface area contributed by atoms with Gasteiger partial charge in [-0.1, -0.05) is 25.5 Å². The molecular formula is C17H17N3O5. The number of fused-ring (bicyclic) bond motifs is 1. The molecule has 0 bridgehead atoms. The number of hydrogen-bond acceptors (Lipinski definition) is 5. The van der Waals surface area contributed by atoms with Crippen molar-refractivity contribution in [2.45, 2.75) is 19.8 Å². The zero-order valence-electron chi connectivity index (χ0n) is 13.7. The second-order valence-electron chi connectivity index (χ2n) is 5.86. The van der Waals surface area contributed by atoms with Gasteiger partial charge in [-0.25, -0.2) is 4.79 Å². The average Bonchev–Trinajstić information content (AvgIpc) is 2.97. The first-order valence-electron chi connectivity index (χ1n) is 8.10. The van der Waals surface area contributed by atoms with E-state index in [9.17, 15) is 24.0 Å². The third-order valence-corrected chi connectivity index (χ3v) is 4.30. The second kappa shape index (κ2) is 6.46. The van der Waals surface area contributed by atoms with Crippen molar-refractivity contribution in [3.63, 3.8) is 0 Å². The van der Waals surface area contributed by atoms with Gasteiger partial charge >= 0.3 is 17.8 Å². The lowest BCUT2D eigenvalue weighted by Crippen LogP contribution is -2.41. The van der Waals surface area contributed by atoms with Crippen molar-refractivity contribution in [2.75, 3.05) is 19.6 Å². The lowest BCUT2D eigenvalue weighted by atomic mass is 10.1. The summed E-state index contributed by atoms with van der Waals surface area (Å²) in [6, 6.07) is 5.73. The Bertz CT molecular complexity index is 753. The first-order valence-corrected chi connectivity index (χ1v) is 8.10. The quantitative estimate of drug-likeness (QED) is 0.434. The topological polar surface area (TPSA) is 95.1 Å². The average molecular weight is 343 g/mol. The first-order chi connectivity index (χ1) is 12.0. The van der Waals surface area contributed by atoms with Crippen molar-refractivity contribution in [3.05, 3.63) is 35.4 Å². The summed E-state index contributed by atoms with van der Waals surface area (Å²) in [6.45, 7) is 1.76. The normalized spacial score (nSPS) is 17.2. The van der Waals surface area contributed by atoms with Crippen LogP contribution in [0.3, 0.4) is 0 Å². The Kier molecular flexibility index (Phi) is 4.35. The van der Waals surface area contributed by atoms with Crippen molar-refractivity contribution in [1.29, 1.82) is 0 Å². The molecule has 1 saturated heterocycles. The number of carbonyl (C=O) groups is 5. The van der Waals surface area contributed by atoms with Crippen molar-refractivity contribution < 1.29 is 24.0 Å². The van der Waals surface area contributed by atoms with E-state index in [1.54, 1.807) is 24.3 Å². The van der Waals surface area contributed by atoms with E-state index in [-0.39, 0.29) is 19.6 Å². The third-order valence-electron chi connectivity index (χ3n) is 4.30. The summed E-state index contributed by atoms with van der Waals surface area (Å²) in [7, 11) is 0. The highest BCUT2D eigenvalue weighted by Gasteiger charge is 2.44. The van der Waals surface area contributed by atoms with Gasteiger partial charge < -0.3 is 0 Å². The van der Waals surface area contributed by atoms with E-state index in [0.717, 1.165) is 21.1 Å². The largest absolute Gasteiger partial charge is 0.334 e. The molecule has 8 nitrogen and oxygen atoms in total. The molecule has 0 aromatic heterocycles. The summed E-state index contributed by atoms with van der Waals surface area (Å²) in [4.78, 5) is 63.4. The molecule has 1 aromatic carbocycles. The van der Waals surface area contributed by atoms with Gasteiger partial charge in [-0.3, -0.25) is 33.9 Å². The van der Waals surface area contributed by atoms with Crippen LogP contribution in [0.5, 0.6) is 0 Å². The van der Waals surface area contributed by atoms with E-state index < -0.39 is 29.7 Å². The summed E-state index contributed by atoms with van der Waals surface area (Å²) >= 11 is 0. The Balaban J connectivity index is 1.69. The van der Waals surface area contributed by atoms with Gasteiger partial charge in [0.25, 0.3) is 11.8 Å². The minimum Gasteiger partial charge on any atom is -0.273 e. The molecule has 0 N–H and O–H groups in total. The Labute approximate surface area is 144 Å². The van der Waals surface area contributed by atoms with E-state index in [4.69, 9.17) is 0 Å². The predicted molar refractivity (Wildman–Crippen MR) is 85.5 cm³/mol. The molecule has 8 heteroatoms. The summed E-state index contributed by atoms with van der Waals surface area (Å²) in [5.74, 6) is -2.71. The van der Waals surface area contributed by atoms with Gasteiger partial charge in [0.05, 0.1) is 11.1 Å². The number of unbranched alkanes of at least 4 members (excludes halogenated alkanes) is 1. The molecule has 2 aliphatic heterocycles.